The van der Waals surface area contributed by atoms with E-state index in [0.29, 0.717) is 12.8 Å². The predicted molar refractivity (Wildman–Crippen MR) is 104 cm³/mol. The van der Waals surface area contributed by atoms with Crippen LogP contribution in [0.1, 0.15) is 17.5 Å². The van der Waals surface area contributed by atoms with Gasteiger partial charge in [0.05, 0.1) is 12.2 Å². The topological polar surface area (TPSA) is 49.4 Å². The molecular formula is C20H24N2O2S. The highest BCUT2D eigenvalue weighted by atomic mass is 32.2. The summed E-state index contributed by atoms with van der Waals surface area (Å²) in [4.78, 5) is 26.9. The molecule has 2 aromatic rings. The molecule has 0 aliphatic heterocycles. The van der Waals surface area contributed by atoms with E-state index in [1.165, 1.54) is 10.5 Å². The fourth-order valence-electron chi connectivity index (χ4n) is 2.44. The average molecular weight is 356 g/mol. The normalized spacial score (nSPS) is 10.4. The second-order valence-corrected chi connectivity index (χ2v) is 6.83. The van der Waals surface area contributed by atoms with Crippen LogP contribution in [-0.4, -0.2) is 36.6 Å². The van der Waals surface area contributed by atoms with Crippen molar-refractivity contribution in [1.82, 2.24) is 4.90 Å². The van der Waals surface area contributed by atoms with Crippen molar-refractivity contribution in [3.8, 4) is 0 Å². The van der Waals surface area contributed by atoms with Crippen LogP contribution < -0.4 is 5.32 Å². The van der Waals surface area contributed by atoms with Gasteiger partial charge in [0.1, 0.15) is 0 Å². The zero-order valence-electron chi connectivity index (χ0n) is 14.9. The molecule has 0 saturated carbocycles. The van der Waals surface area contributed by atoms with Gasteiger partial charge in [-0.3, -0.25) is 9.59 Å². The first-order valence-corrected chi connectivity index (χ1v) is 9.44. The zero-order chi connectivity index (χ0) is 18.2. The van der Waals surface area contributed by atoms with E-state index in [9.17, 15) is 9.59 Å². The number of nitrogens with one attached hydrogen (secondary N) is 1. The Morgan fingerprint density at radius 3 is 2.44 bits per heavy atom. The minimum absolute atomic E-state index is 0.0334. The Kier molecular flexibility index (Phi) is 7.07. The highest BCUT2D eigenvalue weighted by Gasteiger charge is 2.14. The molecule has 2 aromatic carbocycles. The van der Waals surface area contributed by atoms with E-state index in [4.69, 9.17) is 0 Å². The van der Waals surface area contributed by atoms with Gasteiger partial charge < -0.3 is 10.2 Å². The van der Waals surface area contributed by atoms with E-state index >= 15 is 0 Å². The zero-order valence-corrected chi connectivity index (χ0v) is 15.7. The van der Waals surface area contributed by atoms with Gasteiger partial charge in [0.25, 0.3) is 0 Å². The van der Waals surface area contributed by atoms with Crippen molar-refractivity contribution in [2.75, 3.05) is 25.2 Å². The molecule has 0 aliphatic carbocycles. The fraction of sp³-hybridized carbons (Fsp3) is 0.300. The van der Waals surface area contributed by atoms with E-state index < -0.39 is 0 Å². The Hall–Kier alpha value is -2.27. The molecule has 0 heterocycles. The van der Waals surface area contributed by atoms with Gasteiger partial charge in [-0.05, 0) is 37.3 Å². The van der Waals surface area contributed by atoms with Crippen molar-refractivity contribution in [1.29, 1.82) is 0 Å². The van der Waals surface area contributed by atoms with Gasteiger partial charge in [-0.25, -0.2) is 0 Å². The minimum atomic E-state index is -0.187. The number of para-hydroxylation sites is 1. The highest BCUT2D eigenvalue weighted by Crippen LogP contribution is 2.24. The molecule has 4 nitrogen and oxygen atoms in total. The number of nitrogens with zero attached hydrogens (tertiary/aromatic N) is 1. The fourth-order valence-corrected chi connectivity index (χ4v) is 2.99. The van der Waals surface area contributed by atoms with Gasteiger partial charge in [0.15, 0.2) is 0 Å². The number of rotatable bonds is 7. The van der Waals surface area contributed by atoms with Crippen molar-refractivity contribution in [3.63, 3.8) is 0 Å². The van der Waals surface area contributed by atoms with Crippen LogP contribution in [0.4, 0.5) is 5.69 Å². The number of likely N-dealkylation sites (N-methyl/N-ethyl adjacent to an activating group) is 1. The maximum absolute atomic E-state index is 12.2. The average Bonchev–Trinajstić information content (AvgIpc) is 2.61. The lowest BCUT2D eigenvalue weighted by Gasteiger charge is -2.17. The molecule has 0 saturated heterocycles. The summed E-state index contributed by atoms with van der Waals surface area (Å²) in [6, 6.07) is 15.8. The van der Waals surface area contributed by atoms with E-state index in [0.717, 1.165) is 16.1 Å². The summed E-state index contributed by atoms with van der Waals surface area (Å²) in [5, 5.41) is 2.87. The van der Waals surface area contributed by atoms with Crippen LogP contribution in [0.5, 0.6) is 0 Å². The van der Waals surface area contributed by atoms with Crippen molar-refractivity contribution in [2.45, 2.75) is 24.7 Å². The third-order valence-electron chi connectivity index (χ3n) is 3.94. The summed E-state index contributed by atoms with van der Waals surface area (Å²) in [5.41, 5.74) is 3.11. The lowest BCUT2D eigenvalue weighted by molar-refractivity contribution is -0.133. The molecule has 0 fully saturated rings. The molecule has 0 spiro atoms. The molecular weight excluding hydrogens is 332 g/mol. The summed E-state index contributed by atoms with van der Waals surface area (Å²) < 4.78 is 0. The van der Waals surface area contributed by atoms with Crippen molar-refractivity contribution < 1.29 is 9.59 Å². The smallest absolute Gasteiger partial charge is 0.244 e. The molecule has 0 radical (unpaired) electrons. The molecule has 0 bridgehead atoms. The number of anilines is 1. The first kappa shape index (κ1) is 19.1. The number of carbonyl (C=O) groups excluding carboxylic acids is 2. The number of hydrogen-bond donors (Lipinski definition) is 1. The maximum Gasteiger partial charge on any atom is 0.244 e. The molecule has 2 amide bonds. The number of benzene rings is 2. The molecule has 5 heteroatoms. The van der Waals surface area contributed by atoms with Crippen LogP contribution in [0.25, 0.3) is 0 Å². The van der Waals surface area contributed by atoms with E-state index in [2.05, 4.69) is 5.32 Å². The van der Waals surface area contributed by atoms with Crippen molar-refractivity contribution in [3.05, 3.63) is 59.7 Å². The van der Waals surface area contributed by atoms with E-state index in [-0.39, 0.29) is 18.4 Å². The third-order valence-corrected chi connectivity index (χ3v) is 4.73. The van der Waals surface area contributed by atoms with Gasteiger partial charge in [-0.1, -0.05) is 42.0 Å². The summed E-state index contributed by atoms with van der Waals surface area (Å²) >= 11 is 1.57. The quantitative estimate of drug-likeness (QED) is 0.769. The van der Waals surface area contributed by atoms with Crippen LogP contribution in [0.2, 0.25) is 0 Å². The molecule has 2 rings (SSSR count). The maximum atomic E-state index is 12.2. The number of hydrogen-bond acceptors (Lipinski definition) is 3. The van der Waals surface area contributed by atoms with E-state index in [1.54, 1.807) is 18.8 Å². The largest absolute Gasteiger partial charge is 0.336 e. The predicted octanol–water partition coefficient (Wildman–Crippen LogP) is 3.75. The van der Waals surface area contributed by atoms with Gasteiger partial charge in [-0.15, -0.1) is 11.8 Å². The van der Waals surface area contributed by atoms with Crippen LogP contribution in [0, 0.1) is 6.92 Å². The Morgan fingerprint density at radius 2 is 1.76 bits per heavy atom. The van der Waals surface area contributed by atoms with Crippen LogP contribution in [0.3, 0.4) is 0 Å². The molecule has 0 aliphatic rings. The number of aryl methyl sites for hydroxylation is 2. The SMILES string of the molecule is CSc1ccccc1NC(=O)CN(C)C(=O)CCc1ccc(C)cc1. The summed E-state index contributed by atoms with van der Waals surface area (Å²) in [5.74, 6) is -0.221. The monoisotopic (exact) mass is 356 g/mol. The minimum Gasteiger partial charge on any atom is -0.336 e. The van der Waals surface area contributed by atoms with Gasteiger partial charge in [0.2, 0.25) is 11.8 Å². The lowest BCUT2D eigenvalue weighted by Crippen LogP contribution is -2.35. The number of thioether (sulfide) groups is 1. The van der Waals surface area contributed by atoms with Gasteiger partial charge >= 0.3 is 0 Å². The second-order valence-electron chi connectivity index (χ2n) is 5.98. The molecule has 0 atom stereocenters. The van der Waals surface area contributed by atoms with Gasteiger partial charge in [0, 0.05) is 18.4 Å². The molecule has 0 aromatic heterocycles. The van der Waals surface area contributed by atoms with Crippen molar-refractivity contribution in [2.24, 2.45) is 0 Å². The summed E-state index contributed by atoms with van der Waals surface area (Å²) in [7, 11) is 1.66. The van der Waals surface area contributed by atoms with Crippen molar-refractivity contribution >= 4 is 29.3 Å². The Balaban J connectivity index is 1.83. The Bertz CT molecular complexity index is 729. The Labute approximate surface area is 153 Å². The highest BCUT2D eigenvalue weighted by molar-refractivity contribution is 7.98. The lowest BCUT2D eigenvalue weighted by atomic mass is 10.1. The van der Waals surface area contributed by atoms with Crippen LogP contribution >= 0.6 is 11.8 Å². The number of carbonyl (C=O) groups is 2. The number of amides is 2. The standard InChI is InChI=1S/C20H24N2O2S/c1-15-8-10-16(11-9-15)12-13-20(24)22(2)14-19(23)21-17-6-4-5-7-18(17)25-3/h4-11H,12-14H2,1-3H3,(H,21,23). The van der Waals surface area contributed by atoms with Gasteiger partial charge in [-0.2, -0.15) is 0 Å². The molecule has 1 N–H and O–H groups in total. The second kappa shape index (κ2) is 9.28. The third kappa shape index (κ3) is 5.94. The molecule has 0 unspecified atom stereocenters. The first-order valence-electron chi connectivity index (χ1n) is 8.22. The van der Waals surface area contributed by atoms with Crippen LogP contribution in [0.15, 0.2) is 53.4 Å². The Morgan fingerprint density at radius 1 is 1.08 bits per heavy atom. The van der Waals surface area contributed by atoms with E-state index in [1.807, 2.05) is 61.7 Å². The van der Waals surface area contributed by atoms with Crippen LogP contribution in [-0.2, 0) is 16.0 Å². The summed E-state index contributed by atoms with van der Waals surface area (Å²) in [6.45, 7) is 2.09. The summed E-state index contributed by atoms with van der Waals surface area (Å²) in [6.07, 6.45) is 3.04. The first-order chi connectivity index (χ1) is 12.0. The molecule has 132 valence electrons. The molecule has 25 heavy (non-hydrogen) atoms.